The van der Waals surface area contributed by atoms with Crippen molar-refractivity contribution >= 4 is 17.2 Å². The summed E-state index contributed by atoms with van der Waals surface area (Å²) in [5.41, 5.74) is 2.19. The minimum Gasteiger partial charge on any atom is -0.396 e. The van der Waals surface area contributed by atoms with Gasteiger partial charge in [0.05, 0.1) is 12.7 Å². The summed E-state index contributed by atoms with van der Waals surface area (Å²) < 4.78 is 0. The Bertz CT molecular complexity index is 972. The first-order valence-corrected chi connectivity index (χ1v) is 10.8. The molecule has 4 unspecified atom stereocenters. The van der Waals surface area contributed by atoms with Gasteiger partial charge in [-0.3, -0.25) is 0 Å². The largest absolute Gasteiger partial charge is 0.396 e. The van der Waals surface area contributed by atoms with Crippen molar-refractivity contribution in [2.45, 2.75) is 43.4 Å². The topological polar surface area (TPSA) is 121 Å². The zero-order valence-corrected chi connectivity index (χ0v) is 17.7. The summed E-state index contributed by atoms with van der Waals surface area (Å²) in [6.07, 6.45) is 7.59. The number of benzene rings is 1. The molecule has 4 rings (SSSR count). The molecule has 0 radical (unpaired) electrons. The molecule has 0 bridgehead atoms. The van der Waals surface area contributed by atoms with Crippen molar-refractivity contribution in [2.24, 2.45) is 11.8 Å². The zero-order chi connectivity index (χ0) is 22.3. The van der Waals surface area contributed by atoms with Gasteiger partial charge in [0.1, 0.15) is 12.2 Å². The number of rotatable bonds is 5. The maximum absolute atomic E-state index is 11.1. The van der Waals surface area contributed by atoms with E-state index in [4.69, 9.17) is 11.6 Å². The molecular formula is C24H27ClO6. The lowest BCUT2D eigenvalue weighted by Gasteiger charge is -2.34. The van der Waals surface area contributed by atoms with Gasteiger partial charge < -0.3 is 30.6 Å². The Morgan fingerprint density at radius 1 is 1.00 bits per heavy atom. The molecule has 1 saturated carbocycles. The summed E-state index contributed by atoms with van der Waals surface area (Å²) in [4.78, 5) is 0. The molecule has 0 heterocycles. The summed E-state index contributed by atoms with van der Waals surface area (Å²) >= 11 is 6.32. The standard InChI is InChI=1S/C24H27ClO6/c25-20-9-7-15(18-10-16(12-26)21(27)23(29)22(18)28)11-19(20)24(30,31)17-3-1-2-13(6-8-17)14-4-5-14/h2-3,6-11,14,16,21-23,26-31H,1,4-5,12H2. The van der Waals surface area contributed by atoms with Crippen molar-refractivity contribution in [3.8, 4) is 0 Å². The minimum absolute atomic E-state index is 0.0340. The van der Waals surface area contributed by atoms with Gasteiger partial charge in [0, 0.05) is 22.1 Å². The fourth-order valence-corrected chi connectivity index (χ4v) is 4.48. The molecule has 0 spiro atoms. The molecule has 166 valence electrons. The lowest BCUT2D eigenvalue weighted by Crippen LogP contribution is -2.46. The quantitative estimate of drug-likeness (QED) is 0.383. The lowest BCUT2D eigenvalue weighted by molar-refractivity contribution is -0.132. The van der Waals surface area contributed by atoms with Crippen LogP contribution in [0.4, 0.5) is 0 Å². The summed E-state index contributed by atoms with van der Waals surface area (Å²) in [6.45, 7) is -0.410. The fourth-order valence-electron chi connectivity index (χ4n) is 4.23. The molecule has 0 aromatic heterocycles. The van der Waals surface area contributed by atoms with Crippen molar-refractivity contribution in [3.63, 3.8) is 0 Å². The molecule has 3 aliphatic rings. The lowest BCUT2D eigenvalue weighted by atomic mass is 9.80. The Labute approximate surface area is 185 Å². The zero-order valence-electron chi connectivity index (χ0n) is 16.9. The van der Waals surface area contributed by atoms with E-state index in [2.05, 4.69) is 6.08 Å². The van der Waals surface area contributed by atoms with Crippen LogP contribution in [0.15, 0.2) is 59.7 Å². The third kappa shape index (κ3) is 4.30. The molecule has 4 atom stereocenters. The highest BCUT2D eigenvalue weighted by molar-refractivity contribution is 6.31. The Balaban J connectivity index is 1.69. The number of hydrogen-bond acceptors (Lipinski definition) is 6. The molecule has 31 heavy (non-hydrogen) atoms. The van der Waals surface area contributed by atoms with Crippen LogP contribution in [0.3, 0.4) is 0 Å². The van der Waals surface area contributed by atoms with E-state index in [0.29, 0.717) is 23.5 Å². The maximum Gasteiger partial charge on any atom is 0.218 e. The van der Waals surface area contributed by atoms with Gasteiger partial charge in [-0.1, -0.05) is 48.0 Å². The summed E-state index contributed by atoms with van der Waals surface area (Å²) in [5.74, 6) is -2.59. The van der Waals surface area contributed by atoms with Crippen molar-refractivity contribution in [2.75, 3.05) is 6.61 Å². The van der Waals surface area contributed by atoms with Crippen molar-refractivity contribution in [1.29, 1.82) is 0 Å². The molecule has 0 aliphatic heterocycles. The number of allylic oxidation sites excluding steroid dienone is 4. The highest BCUT2D eigenvalue weighted by Gasteiger charge is 2.39. The number of aliphatic hydroxyl groups excluding tert-OH is 4. The van der Waals surface area contributed by atoms with E-state index < -0.39 is 36.6 Å². The highest BCUT2D eigenvalue weighted by atomic mass is 35.5. The van der Waals surface area contributed by atoms with Crippen LogP contribution in [-0.2, 0) is 5.79 Å². The van der Waals surface area contributed by atoms with Crippen LogP contribution in [0.2, 0.25) is 5.02 Å². The van der Waals surface area contributed by atoms with Gasteiger partial charge in [-0.05, 0) is 54.0 Å². The number of halogens is 1. The first kappa shape index (κ1) is 22.4. The first-order chi connectivity index (χ1) is 14.7. The van der Waals surface area contributed by atoms with Crippen molar-refractivity contribution in [3.05, 3.63) is 75.9 Å². The fraction of sp³-hybridized carbons (Fsp3) is 0.417. The second kappa shape index (κ2) is 8.64. The van der Waals surface area contributed by atoms with Crippen LogP contribution in [0.25, 0.3) is 5.57 Å². The smallest absolute Gasteiger partial charge is 0.218 e. The molecular weight excluding hydrogens is 420 g/mol. The molecule has 7 heteroatoms. The van der Waals surface area contributed by atoms with Crippen LogP contribution < -0.4 is 0 Å². The monoisotopic (exact) mass is 446 g/mol. The number of aliphatic hydroxyl groups is 6. The highest BCUT2D eigenvalue weighted by Crippen LogP contribution is 2.41. The molecule has 1 aromatic carbocycles. The maximum atomic E-state index is 11.1. The van der Waals surface area contributed by atoms with Crippen LogP contribution in [0.5, 0.6) is 0 Å². The predicted octanol–water partition coefficient (Wildman–Crippen LogP) is 1.79. The van der Waals surface area contributed by atoms with E-state index in [1.807, 2.05) is 6.08 Å². The molecule has 0 saturated heterocycles. The van der Waals surface area contributed by atoms with E-state index in [-0.39, 0.29) is 16.2 Å². The van der Waals surface area contributed by atoms with E-state index in [1.54, 1.807) is 18.2 Å². The third-order valence-corrected chi connectivity index (χ3v) is 6.64. The minimum atomic E-state index is -2.37. The van der Waals surface area contributed by atoms with Gasteiger partial charge in [0.15, 0.2) is 0 Å². The summed E-state index contributed by atoms with van der Waals surface area (Å²) in [6, 6.07) is 4.52. The Kier molecular flexibility index (Phi) is 6.25. The van der Waals surface area contributed by atoms with Crippen molar-refractivity contribution < 1.29 is 30.6 Å². The van der Waals surface area contributed by atoms with E-state index >= 15 is 0 Å². The van der Waals surface area contributed by atoms with Crippen LogP contribution in [-0.4, -0.2) is 55.6 Å². The molecule has 3 aliphatic carbocycles. The SMILES string of the molecule is OCC1C=C(c2ccc(Cl)c(C(O)(O)C3=CCC=C(C4CC4)C=C3)c2)C(O)C(O)C1O. The van der Waals surface area contributed by atoms with Gasteiger partial charge in [-0.2, -0.15) is 0 Å². The van der Waals surface area contributed by atoms with Gasteiger partial charge in [-0.15, -0.1) is 0 Å². The van der Waals surface area contributed by atoms with Gasteiger partial charge >= 0.3 is 0 Å². The van der Waals surface area contributed by atoms with Gasteiger partial charge in [0.2, 0.25) is 5.79 Å². The molecule has 0 amide bonds. The Morgan fingerprint density at radius 3 is 2.42 bits per heavy atom. The van der Waals surface area contributed by atoms with Crippen LogP contribution in [0, 0.1) is 11.8 Å². The summed E-state index contributed by atoms with van der Waals surface area (Å²) in [7, 11) is 0. The second-order valence-corrected chi connectivity index (χ2v) is 8.88. The molecule has 1 fully saturated rings. The van der Waals surface area contributed by atoms with Crippen LogP contribution in [0.1, 0.15) is 30.4 Å². The first-order valence-electron chi connectivity index (χ1n) is 10.4. The molecule has 6 nitrogen and oxygen atoms in total. The van der Waals surface area contributed by atoms with E-state index in [9.17, 15) is 30.6 Å². The third-order valence-electron chi connectivity index (χ3n) is 6.31. The van der Waals surface area contributed by atoms with E-state index in [0.717, 1.165) is 12.8 Å². The predicted molar refractivity (Wildman–Crippen MR) is 117 cm³/mol. The second-order valence-electron chi connectivity index (χ2n) is 8.47. The van der Waals surface area contributed by atoms with Gasteiger partial charge in [0.25, 0.3) is 0 Å². The average Bonchev–Trinajstić information content (AvgIpc) is 3.59. The Hall–Kier alpha value is -1.77. The molecule has 1 aromatic rings. The number of hydrogen-bond donors (Lipinski definition) is 6. The van der Waals surface area contributed by atoms with E-state index in [1.165, 1.54) is 23.8 Å². The summed E-state index contributed by atoms with van der Waals surface area (Å²) in [5, 5.41) is 62.4. The van der Waals surface area contributed by atoms with Gasteiger partial charge in [-0.25, -0.2) is 0 Å². The normalized spacial score (nSPS) is 29.2. The van der Waals surface area contributed by atoms with Crippen molar-refractivity contribution in [1.82, 2.24) is 0 Å². The molecule has 6 N–H and O–H groups in total. The van der Waals surface area contributed by atoms with Crippen LogP contribution >= 0.6 is 11.6 Å². The Morgan fingerprint density at radius 2 is 1.74 bits per heavy atom. The average molecular weight is 447 g/mol.